The van der Waals surface area contributed by atoms with Crippen LogP contribution >= 0.6 is 11.6 Å². The number of rotatable bonds is 5. The maximum Gasteiger partial charge on any atom is 0.269 e. The van der Waals surface area contributed by atoms with Gasteiger partial charge in [-0.15, -0.1) is 0 Å². The number of carbonyl (C=O) groups is 1. The summed E-state index contributed by atoms with van der Waals surface area (Å²) in [5.74, 6) is -0.197. The van der Waals surface area contributed by atoms with Crippen molar-refractivity contribution in [3.05, 3.63) is 70.4 Å². The van der Waals surface area contributed by atoms with Crippen LogP contribution in [0.4, 0.5) is 0 Å². The maximum absolute atomic E-state index is 12.7. The number of amides is 1. The Labute approximate surface area is 163 Å². The fourth-order valence-electron chi connectivity index (χ4n) is 3.41. The van der Waals surface area contributed by atoms with E-state index < -0.39 is 0 Å². The van der Waals surface area contributed by atoms with E-state index in [9.17, 15) is 4.79 Å². The van der Waals surface area contributed by atoms with Gasteiger partial charge in [0.15, 0.2) is 0 Å². The second kappa shape index (κ2) is 8.13. The van der Waals surface area contributed by atoms with Crippen LogP contribution < -0.4 is 5.32 Å². The number of morpholine rings is 1. The molecule has 2 N–H and O–H groups in total. The van der Waals surface area contributed by atoms with Crippen LogP contribution in [-0.2, 0) is 17.8 Å². The second-order valence-electron chi connectivity index (χ2n) is 6.70. The summed E-state index contributed by atoms with van der Waals surface area (Å²) in [6, 6.07) is 15.9. The van der Waals surface area contributed by atoms with Crippen LogP contribution in [-0.4, -0.2) is 42.1 Å². The number of halogens is 1. The Morgan fingerprint density at radius 2 is 1.78 bits per heavy atom. The fourth-order valence-corrected chi connectivity index (χ4v) is 3.71. The topological polar surface area (TPSA) is 57.4 Å². The van der Waals surface area contributed by atoms with Crippen LogP contribution in [0.3, 0.4) is 0 Å². The van der Waals surface area contributed by atoms with E-state index in [1.165, 1.54) is 5.56 Å². The van der Waals surface area contributed by atoms with Gasteiger partial charge in [0.25, 0.3) is 5.91 Å². The Balaban J connectivity index is 1.46. The Morgan fingerprint density at radius 1 is 1.07 bits per heavy atom. The van der Waals surface area contributed by atoms with Gasteiger partial charge in [-0.1, -0.05) is 54.1 Å². The molecule has 5 nitrogen and oxygen atoms in total. The van der Waals surface area contributed by atoms with Gasteiger partial charge in [0.1, 0.15) is 5.69 Å². The molecule has 27 heavy (non-hydrogen) atoms. The second-order valence-corrected chi connectivity index (χ2v) is 7.08. The molecular formula is C21H22ClN3O2. The van der Waals surface area contributed by atoms with Crippen molar-refractivity contribution in [2.45, 2.75) is 13.1 Å². The van der Waals surface area contributed by atoms with Gasteiger partial charge < -0.3 is 15.0 Å². The number of carbonyl (C=O) groups excluding carboxylic acids is 1. The SMILES string of the molecule is O=C(NCc1ccccc1CN1CCOCC1)c1[nH]c2ccccc2c1Cl. The number of para-hydroxylation sites is 1. The third-order valence-electron chi connectivity index (χ3n) is 4.93. The van der Waals surface area contributed by atoms with Gasteiger partial charge in [-0.05, 0) is 17.2 Å². The van der Waals surface area contributed by atoms with Crippen molar-refractivity contribution in [2.24, 2.45) is 0 Å². The van der Waals surface area contributed by atoms with Gasteiger partial charge in [0.2, 0.25) is 0 Å². The van der Waals surface area contributed by atoms with Gasteiger partial charge >= 0.3 is 0 Å². The van der Waals surface area contributed by atoms with Crippen molar-refractivity contribution in [3.8, 4) is 0 Å². The van der Waals surface area contributed by atoms with E-state index in [0.29, 0.717) is 17.3 Å². The summed E-state index contributed by atoms with van der Waals surface area (Å²) in [7, 11) is 0. The molecule has 1 aliphatic rings. The first-order valence-electron chi connectivity index (χ1n) is 9.13. The van der Waals surface area contributed by atoms with Crippen LogP contribution in [0.2, 0.25) is 5.02 Å². The standard InChI is InChI=1S/C21H22ClN3O2/c22-19-17-7-3-4-8-18(17)24-20(19)21(26)23-13-15-5-1-2-6-16(15)14-25-9-11-27-12-10-25/h1-8,24H,9-14H2,(H,23,26). The number of hydrogen-bond acceptors (Lipinski definition) is 3. The smallest absolute Gasteiger partial charge is 0.269 e. The highest BCUT2D eigenvalue weighted by Gasteiger charge is 2.17. The van der Waals surface area contributed by atoms with Gasteiger partial charge in [0, 0.05) is 37.1 Å². The Kier molecular flexibility index (Phi) is 5.43. The number of ether oxygens (including phenoxy) is 1. The molecule has 0 aliphatic carbocycles. The van der Waals surface area contributed by atoms with Crippen molar-refractivity contribution < 1.29 is 9.53 Å². The molecule has 3 aromatic rings. The minimum Gasteiger partial charge on any atom is -0.379 e. The van der Waals surface area contributed by atoms with Gasteiger partial charge in [0.05, 0.1) is 18.2 Å². The van der Waals surface area contributed by atoms with Crippen molar-refractivity contribution in [2.75, 3.05) is 26.3 Å². The Bertz CT molecular complexity index is 948. The molecule has 140 valence electrons. The van der Waals surface area contributed by atoms with Crippen LogP contribution in [0.15, 0.2) is 48.5 Å². The number of fused-ring (bicyclic) bond motifs is 1. The summed E-state index contributed by atoms with van der Waals surface area (Å²) in [6.07, 6.45) is 0. The highest BCUT2D eigenvalue weighted by atomic mass is 35.5. The first-order valence-corrected chi connectivity index (χ1v) is 9.51. The van der Waals surface area contributed by atoms with Crippen molar-refractivity contribution in [1.82, 2.24) is 15.2 Å². The maximum atomic E-state index is 12.7. The average Bonchev–Trinajstić information content (AvgIpc) is 3.05. The summed E-state index contributed by atoms with van der Waals surface area (Å²) in [5.41, 5.74) is 3.61. The molecule has 0 atom stereocenters. The highest BCUT2D eigenvalue weighted by molar-refractivity contribution is 6.38. The summed E-state index contributed by atoms with van der Waals surface area (Å²) >= 11 is 6.38. The molecule has 2 heterocycles. The lowest BCUT2D eigenvalue weighted by Crippen LogP contribution is -2.36. The van der Waals surface area contributed by atoms with Gasteiger partial charge in [-0.25, -0.2) is 0 Å². The largest absolute Gasteiger partial charge is 0.379 e. The third-order valence-corrected chi connectivity index (χ3v) is 5.32. The van der Waals surface area contributed by atoms with Crippen LogP contribution in [0, 0.1) is 0 Å². The predicted molar refractivity (Wildman–Crippen MR) is 107 cm³/mol. The normalized spacial score (nSPS) is 15.1. The molecule has 4 rings (SSSR count). The first-order chi connectivity index (χ1) is 13.2. The van der Waals surface area contributed by atoms with E-state index in [1.54, 1.807) is 0 Å². The summed E-state index contributed by atoms with van der Waals surface area (Å²) in [5, 5.41) is 4.32. The zero-order valence-electron chi connectivity index (χ0n) is 15.0. The van der Waals surface area contributed by atoms with E-state index in [-0.39, 0.29) is 5.91 Å². The number of nitrogens with zero attached hydrogens (tertiary/aromatic N) is 1. The number of benzene rings is 2. The van der Waals surface area contributed by atoms with Gasteiger partial charge in [-0.3, -0.25) is 9.69 Å². The molecule has 1 aliphatic heterocycles. The molecule has 0 unspecified atom stereocenters. The fraction of sp³-hybridized carbons (Fsp3) is 0.286. The molecule has 1 fully saturated rings. The van der Waals surface area contributed by atoms with Crippen molar-refractivity contribution in [3.63, 3.8) is 0 Å². The molecule has 2 aromatic carbocycles. The lowest BCUT2D eigenvalue weighted by Gasteiger charge is -2.27. The van der Waals surface area contributed by atoms with E-state index in [4.69, 9.17) is 16.3 Å². The summed E-state index contributed by atoms with van der Waals surface area (Å²) < 4.78 is 5.42. The lowest BCUT2D eigenvalue weighted by atomic mass is 10.1. The Morgan fingerprint density at radius 3 is 2.56 bits per heavy atom. The molecular weight excluding hydrogens is 362 g/mol. The number of aromatic amines is 1. The zero-order valence-corrected chi connectivity index (χ0v) is 15.8. The van der Waals surface area contributed by atoms with E-state index in [2.05, 4.69) is 27.3 Å². The third kappa shape index (κ3) is 4.00. The zero-order chi connectivity index (χ0) is 18.6. The predicted octanol–water partition coefficient (Wildman–Crippen LogP) is 3.58. The quantitative estimate of drug-likeness (QED) is 0.708. The first kappa shape index (κ1) is 18.0. The summed E-state index contributed by atoms with van der Waals surface area (Å²) in [4.78, 5) is 18.1. The number of hydrogen-bond donors (Lipinski definition) is 2. The number of aromatic nitrogens is 1. The van der Waals surface area contributed by atoms with Crippen LogP contribution in [0.1, 0.15) is 21.6 Å². The van der Waals surface area contributed by atoms with Crippen LogP contribution in [0.5, 0.6) is 0 Å². The molecule has 6 heteroatoms. The summed E-state index contributed by atoms with van der Waals surface area (Å²) in [6.45, 7) is 4.75. The Hall–Kier alpha value is -2.34. The lowest BCUT2D eigenvalue weighted by molar-refractivity contribution is 0.0340. The van der Waals surface area contributed by atoms with Crippen molar-refractivity contribution >= 4 is 28.4 Å². The minimum atomic E-state index is -0.197. The van der Waals surface area contributed by atoms with Crippen LogP contribution in [0.25, 0.3) is 10.9 Å². The van der Waals surface area contributed by atoms with E-state index in [0.717, 1.165) is 49.3 Å². The monoisotopic (exact) mass is 383 g/mol. The number of nitrogens with one attached hydrogen (secondary N) is 2. The highest BCUT2D eigenvalue weighted by Crippen LogP contribution is 2.27. The number of H-pyrrole nitrogens is 1. The molecule has 0 radical (unpaired) electrons. The molecule has 0 saturated carbocycles. The van der Waals surface area contributed by atoms with E-state index in [1.807, 2.05) is 36.4 Å². The average molecular weight is 384 g/mol. The minimum absolute atomic E-state index is 0.197. The van der Waals surface area contributed by atoms with Gasteiger partial charge in [-0.2, -0.15) is 0 Å². The molecule has 1 aromatic heterocycles. The molecule has 0 bridgehead atoms. The molecule has 1 saturated heterocycles. The molecule has 0 spiro atoms. The molecule has 1 amide bonds. The van der Waals surface area contributed by atoms with Crippen molar-refractivity contribution in [1.29, 1.82) is 0 Å². The van der Waals surface area contributed by atoms with E-state index >= 15 is 0 Å².